The number of carbonyl (C=O) groups is 1. The quantitative estimate of drug-likeness (QED) is 0.627. The van der Waals surface area contributed by atoms with Crippen LogP contribution in [-0.4, -0.2) is 15.8 Å². The highest BCUT2D eigenvalue weighted by molar-refractivity contribution is 6.03. The summed E-state index contributed by atoms with van der Waals surface area (Å²) >= 11 is 0. The molecule has 0 heterocycles. The van der Waals surface area contributed by atoms with E-state index in [-0.39, 0.29) is 46.8 Å². The summed E-state index contributed by atoms with van der Waals surface area (Å²) in [6.45, 7) is 3.61. The van der Waals surface area contributed by atoms with E-state index in [1.807, 2.05) is 12.1 Å². The SMILES string of the molecule is CC1(C)C=C2C(=C(O)C[C@@H](c3ccccc3[N+](=O)[O-])C2(C#N)C#N)C(=O)C1. The first-order valence-electron chi connectivity index (χ1n) is 8.41. The number of nitro benzene ring substituents is 1. The third kappa shape index (κ3) is 2.69. The highest BCUT2D eigenvalue weighted by Crippen LogP contribution is 2.56. The van der Waals surface area contributed by atoms with Crippen molar-refractivity contribution in [3.63, 3.8) is 0 Å². The molecule has 2 aliphatic carbocycles. The van der Waals surface area contributed by atoms with E-state index < -0.39 is 21.7 Å². The molecular weight excluding hydrogens is 346 g/mol. The van der Waals surface area contributed by atoms with Gasteiger partial charge in [0.2, 0.25) is 0 Å². The fraction of sp³-hybridized carbons (Fsp3) is 0.350. The van der Waals surface area contributed by atoms with E-state index in [0.717, 1.165) is 0 Å². The van der Waals surface area contributed by atoms with Gasteiger partial charge in [-0.2, -0.15) is 10.5 Å². The maximum Gasteiger partial charge on any atom is 0.272 e. The summed E-state index contributed by atoms with van der Waals surface area (Å²) < 4.78 is 0. The first-order chi connectivity index (χ1) is 12.7. The highest BCUT2D eigenvalue weighted by atomic mass is 16.6. The molecule has 7 nitrogen and oxygen atoms in total. The number of Topliss-reactive ketones (excluding diaryl/α,β-unsaturated/α-hetero) is 1. The van der Waals surface area contributed by atoms with Crippen LogP contribution in [0.3, 0.4) is 0 Å². The average molecular weight is 363 g/mol. The van der Waals surface area contributed by atoms with Crippen molar-refractivity contribution in [2.24, 2.45) is 10.8 Å². The van der Waals surface area contributed by atoms with Crippen molar-refractivity contribution in [1.29, 1.82) is 10.5 Å². The number of benzene rings is 1. The molecule has 0 spiro atoms. The summed E-state index contributed by atoms with van der Waals surface area (Å²) in [6.07, 6.45) is 1.64. The maximum atomic E-state index is 12.6. The van der Waals surface area contributed by atoms with Crippen LogP contribution in [0.4, 0.5) is 5.69 Å². The van der Waals surface area contributed by atoms with Gasteiger partial charge in [-0.15, -0.1) is 0 Å². The monoisotopic (exact) mass is 363 g/mol. The molecular formula is C20H17N3O4. The van der Waals surface area contributed by atoms with Crippen LogP contribution in [-0.2, 0) is 4.79 Å². The maximum absolute atomic E-state index is 12.6. The smallest absolute Gasteiger partial charge is 0.272 e. The Bertz CT molecular complexity index is 991. The second-order valence-electron chi connectivity index (χ2n) is 7.57. The number of fused-ring (bicyclic) bond motifs is 1. The summed E-state index contributed by atoms with van der Waals surface area (Å²) in [4.78, 5) is 23.5. The Morgan fingerprint density at radius 2 is 1.89 bits per heavy atom. The van der Waals surface area contributed by atoms with Crippen molar-refractivity contribution < 1.29 is 14.8 Å². The van der Waals surface area contributed by atoms with Gasteiger partial charge in [0.1, 0.15) is 5.76 Å². The number of allylic oxidation sites excluding steroid dienone is 4. The van der Waals surface area contributed by atoms with Gasteiger partial charge in [-0.05, 0) is 11.0 Å². The number of nitrogens with zero attached hydrogens (tertiary/aromatic N) is 3. The van der Waals surface area contributed by atoms with Gasteiger partial charge in [-0.25, -0.2) is 0 Å². The lowest BCUT2D eigenvalue weighted by Crippen LogP contribution is -2.39. The third-order valence-corrected chi connectivity index (χ3v) is 5.19. The molecule has 2 aliphatic rings. The predicted molar refractivity (Wildman–Crippen MR) is 95.3 cm³/mol. The molecule has 0 radical (unpaired) electrons. The van der Waals surface area contributed by atoms with Gasteiger partial charge in [0.15, 0.2) is 11.2 Å². The Kier molecular flexibility index (Phi) is 4.12. The lowest BCUT2D eigenvalue weighted by molar-refractivity contribution is -0.385. The van der Waals surface area contributed by atoms with Gasteiger partial charge in [-0.3, -0.25) is 14.9 Å². The van der Waals surface area contributed by atoms with Crippen molar-refractivity contribution in [1.82, 2.24) is 0 Å². The van der Waals surface area contributed by atoms with Crippen LogP contribution in [0.5, 0.6) is 0 Å². The molecule has 0 unspecified atom stereocenters. The van der Waals surface area contributed by atoms with Crippen LogP contribution in [0.25, 0.3) is 0 Å². The average Bonchev–Trinajstić information content (AvgIpc) is 2.60. The van der Waals surface area contributed by atoms with Crippen LogP contribution in [0, 0.1) is 43.6 Å². The van der Waals surface area contributed by atoms with Crippen LogP contribution >= 0.6 is 0 Å². The number of rotatable bonds is 2. The van der Waals surface area contributed by atoms with Gasteiger partial charge >= 0.3 is 0 Å². The minimum absolute atomic E-state index is 0.00672. The first kappa shape index (κ1) is 18.3. The predicted octanol–water partition coefficient (Wildman–Crippen LogP) is 3.85. The summed E-state index contributed by atoms with van der Waals surface area (Å²) in [5.74, 6) is -1.53. The van der Waals surface area contributed by atoms with Crippen LogP contribution in [0.15, 0.2) is 47.2 Å². The lowest BCUT2D eigenvalue weighted by Gasteiger charge is -2.41. The van der Waals surface area contributed by atoms with Crippen molar-refractivity contribution in [2.45, 2.75) is 32.6 Å². The topological polar surface area (TPSA) is 128 Å². The van der Waals surface area contributed by atoms with Crippen molar-refractivity contribution >= 4 is 11.5 Å². The van der Waals surface area contributed by atoms with Gasteiger partial charge in [0.05, 0.1) is 22.6 Å². The molecule has 27 heavy (non-hydrogen) atoms. The standard InChI is InChI=1S/C20H17N3O4/c1-19(2)8-14-18(17(25)9-19)16(24)7-13(20(14,10-21)11-22)12-5-3-4-6-15(12)23(26)27/h3-6,8,13,24H,7,9H2,1-2H3/t13-/m0/s1. The largest absolute Gasteiger partial charge is 0.512 e. The van der Waals surface area contributed by atoms with E-state index in [1.54, 1.807) is 26.0 Å². The third-order valence-electron chi connectivity index (χ3n) is 5.19. The molecule has 1 aromatic rings. The number of hydrogen-bond donors (Lipinski definition) is 1. The van der Waals surface area contributed by atoms with Gasteiger partial charge in [0, 0.05) is 30.4 Å². The number of carbonyl (C=O) groups excluding carboxylic acids is 1. The zero-order valence-electron chi connectivity index (χ0n) is 14.9. The molecule has 1 N–H and O–H groups in total. The molecule has 0 saturated carbocycles. The van der Waals surface area contributed by atoms with Crippen LogP contribution < -0.4 is 0 Å². The summed E-state index contributed by atoms with van der Waals surface area (Å²) in [5, 5.41) is 42.0. The van der Waals surface area contributed by atoms with Gasteiger partial charge in [-0.1, -0.05) is 38.1 Å². The van der Waals surface area contributed by atoms with E-state index in [1.165, 1.54) is 18.2 Å². The Morgan fingerprint density at radius 3 is 2.48 bits per heavy atom. The van der Waals surface area contributed by atoms with Gasteiger partial charge in [0.25, 0.3) is 5.69 Å². The molecule has 136 valence electrons. The fourth-order valence-corrected chi connectivity index (χ4v) is 4.02. The molecule has 0 saturated heterocycles. The first-order valence-corrected chi connectivity index (χ1v) is 8.41. The number of aliphatic hydroxyl groups excluding tert-OH is 1. The molecule has 1 atom stereocenters. The van der Waals surface area contributed by atoms with E-state index >= 15 is 0 Å². The Labute approximate surface area is 156 Å². The zero-order valence-corrected chi connectivity index (χ0v) is 14.9. The number of nitriles is 2. The van der Waals surface area contributed by atoms with E-state index in [2.05, 4.69) is 0 Å². The lowest BCUT2D eigenvalue weighted by atomic mass is 9.58. The number of nitro groups is 1. The number of hydrogen-bond acceptors (Lipinski definition) is 6. The molecule has 1 aromatic carbocycles. The molecule has 0 fully saturated rings. The molecule has 7 heteroatoms. The van der Waals surface area contributed by atoms with Crippen molar-refractivity contribution in [3.05, 3.63) is 62.9 Å². The second kappa shape index (κ2) is 6.07. The highest BCUT2D eigenvalue weighted by Gasteiger charge is 2.54. The van der Waals surface area contributed by atoms with Crippen molar-refractivity contribution in [3.8, 4) is 12.1 Å². The van der Waals surface area contributed by atoms with Crippen LogP contribution in [0.2, 0.25) is 0 Å². The Hall–Kier alpha value is -3.45. The van der Waals surface area contributed by atoms with Crippen molar-refractivity contribution in [2.75, 3.05) is 0 Å². The minimum atomic E-state index is -1.80. The zero-order chi connectivity index (χ0) is 20.0. The summed E-state index contributed by atoms with van der Waals surface area (Å²) in [5.41, 5.74) is -2.28. The molecule has 0 amide bonds. The Morgan fingerprint density at radius 1 is 1.26 bits per heavy atom. The fourth-order valence-electron chi connectivity index (χ4n) is 4.02. The van der Waals surface area contributed by atoms with E-state index in [4.69, 9.17) is 0 Å². The molecule has 0 aromatic heterocycles. The summed E-state index contributed by atoms with van der Waals surface area (Å²) in [7, 11) is 0. The minimum Gasteiger partial charge on any atom is -0.512 e. The van der Waals surface area contributed by atoms with E-state index in [9.17, 15) is 30.5 Å². The number of ketones is 1. The molecule has 0 bridgehead atoms. The number of aliphatic hydroxyl groups is 1. The molecule has 3 rings (SSSR count). The van der Waals surface area contributed by atoms with E-state index in [0.29, 0.717) is 0 Å². The second-order valence-corrected chi connectivity index (χ2v) is 7.57. The number of para-hydroxylation sites is 1. The van der Waals surface area contributed by atoms with Gasteiger partial charge < -0.3 is 5.11 Å². The normalized spacial score (nSPS) is 22.9. The summed E-state index contributed by atoms with van der Waals surface area (Å²) in [6, 6.07) is 9.89. The van der Waals surface area contributed by atoms with Crippen LogP contribution in [0.1, 0.15) is 38.2 Å². The Balaban J connectivity index is 2.35. The molecule has 0 aliphatic heterocycles.